The molecule has 2 aromatic carbocycles. The number of nitro groups is 1. The van der Waals surface area contributed by atoms with Gasteiger partial charge in [0, 0.05) is 6.07 Å². The third-order valence-electron chi connectivity index (χ3n) is 2.79. The fraction of sp³-hybridized carbons (Fsp3) is 0.143. The number of para-hydroxylation sites is 1. The maximum Gasteiger partial charge on any atom is 0.312 e. The molecule has 0 aliphatic carbocycles. The summed E-state index contributed by atoms with van der Waals surface area (Å²) in [5, 5.41) is 20.6. The van der Waals surface area contributed by atoms with Crippen molar-refractivity contribution in [1.82, 2.24) is 0 Å². The predicted molar refractivity (Wildman–Crippen MR) is 85.6 cm³/mol. The summed E-state index contributed by atoms with van der Waals surface area (Å²) < 4.78 is 6.74. The number of ether oxygens (including phenoxy) is 1. The van der Waals surface area contributed by atoms with Crippen molar-refractivity contribution in [3.05, 3.63) is 61.0 Å². The number of nitro benzene ring substituents is 1. The van der Waals surface area contributed by atoms with Gasteiger partial charge in [0.25, 0.3) is 0 Å². The lowest BCUT2D eigenvalue weighted by Crippen LogP contribution is -1.96. The van der Waals surface area contributed by atoms with E-state index in [9.17, 15) is 15.2 Å². The van der Waals surface area contributed by atoms with Crippen molar-refractivity contribution >= 4 is 37.5 Å². The van der Waals surface area contributed by atoms with Crippen molar-refractivity contribution in [1.29, 1.82) is 0 Å². The highest BCUT2D eigenvalue weighted by atomic mass is 79.9. The van der Waals surface area contributed by atoms with Gasteiger partial charge < -0.3 is 9.84 Å². The van der Waals surface area contributed by atoms with E-state index in [0.29, 0.717) is 14.7 Å². The number of nitrogens with zero attached hydrogens (tertiary/aromatic N) is 1. The Morgan fingerprint density at radius 3 is 2.52 bits per heavy atom. The molecule has 0 aliphatic rings. The number of benzene rings is 2. The van der Waals surface area contributed by atoms with Gasteiger partial charge in [0.2, 0.25) is 5.75 Å². The molecule has 0 aliphatic heterocycles. The second-order valence-corrected chi connectivity index (χ2v) is 6.02. The lowest BCUT2D eigenvalue weighted by Gasteiger charge is -2.12. The molecule has 1 atom stereocenters. The van der Waals surface area contributed by atoms with E-state index < -0.39 is 11.0 Å². The fourth-order valence-electron chi connectivity index (χ4n) is 1.71. The lowest BCUT2D eigenvalue weighted by atomic mass is 10.1. The van der Waals surface area contributed by atoms with Gasteiger partial charge in [-0.2, -0.15) is 0 Å². The molecule has 0 bridgehead atoms. The maximum atomic E-state index is 11.1. The van der Waals surface area contributed by atoms with Gasteiger partial charge in [0.15, 0.2) is 0 Å². The summed E-state index contributed by atoms with van der Waals surface area (Å²) in [6.45, 7) is 1.65. The lowest BCUT2D eigenvalue weighted by molar-refractivity contribution is -0.385. The minimum atomic E-state index is -0.604. The molecule has 0 aromatic heterocycles. The van der Waals surface area contributed by atoms with E-state index >= 15 is 0 Å². The molecule has 2 aromatic rings. The molecule has 2 rings (SSSR count). The Kier molecular flexibility index (Phi) is 4.97. The molecule has 0 saturated heterocycles. The molecule has 0 spiro atoms. The normalized spacial score (nSPS) is 12.0. The van der Waals surface area contributed by atoms with Crippen LogP contribution in [0, 0.1) is 10.1 Å². The smallest absolute Gasteiger partial charge is 0.312 e. The van der Waals surface area contributed by atoms with Crippen molar-refractivity contribution in [3.8, 4) is 11.5 Å². The standard InChI is InChI=1S/C14H11Br2NO4/c1-8(18)9-5-6-13(11(16)7-9)21-14-10(15)3-2-4-12(14)17(19)20/h2-8,18H,1H3/t8-/m1/s1. The summed E-state index contributed by atoms with van der Waals surface area (Å²) in [5.74, 6) is 0.558. The minimum absolute atomic E-state index is 0.129. The molecule has 0 saturated carbocycles. The topological polar surface area (TPSA) is 72.6 Å². The van der Waals surface area contributed by atoms with Crippen LogP contribution in [0.2, 0.25) is 0 Å². The van der Waals surface area contributed by atoms with Gasteiger partial charge in [0.1, 0.15) is 5.75 Å². The zero-order chi connectivity index (χ0) is 15.6. The molecule has 21 heavy (non-hydrogen) atoms. The van der Waals surface area contributed by atoms with Crippen LogP contribution in [0.5, 0.6) is 11.5 Å². The van der Waals surface area contributed by atoms with E-state index in [-0.39, 0.29) is 11.4 Å². The molecular weight excluding hydrogens is 406 g/mol. The van der Waals surface area contributed by atoms with Gasteiger partial charge in [-0.25, -0.2) is 0 Å². The first kappa shape index (κ1) is 15.9. The van der Waals surface area contributed by atoms with E-state index in [1.54, 1.807) is 37.3 Å². The Hall–Kier alpha value is -1.44. The largest absolute Gasteiger partial charge is 0.448 e. The first-order chi connectivity index (χ1) is 9.90. The SMILES string of the molecule is C[C@@H](O)c1ccc(Oc2c(Br)cccc2[N+](=O)[O-])c(Br)c1. The average molecular weight is 417 g/mol. The monoisotopic (exact) mass is 415 g/mol. The quantitative estimate of drug-likeness (QED) is 0.564. The zero-order valence-corrected chi connectivity index (χ0v) is 14.1. The third kappa shape index (κ3) is 3.61. The van der Waals surface area contributed by atoms with Crippen molar-refractivity contribution in [3.63, 3.8) is 0 Å². The second-order valence-electron chi connectivity index (χ2n) is 4.31. The van der Waals surface area contributed by atoms with Crippen LogP contribution < -0.4 is 4.74 Å². The van der Waals surface area contributed by atoms with E-state index in [4.69, 9.17) is 4.74 Å². The number of hydrogen-bond donors (Lipinski definition) is 1. The van der Waals surface area contributed by atoms with E-state index in [1.807, 2.05) is 0 Å². The molecule has 0 heterocycles. The van der Waals surface area contributed by atoms with Crippen molar-refractivity contribution in [2.75, 3.05) is 0 Å². The van der Waals surface area contributed by atoms with Gasteiger partial charge in [-0.1, -0.05) is 12.1 Å². The molecule has 0 unspecified atom stereocenters. The predicted octanol–water partition coefficient (Wildman–Crippen LogP) is 4.97. The van der Waals surface area contributed by atoms with Crippen LogP contribution in [0.4, 0.5) is 5.69 Å². The molecule has 110 valence electrons. The first-order valence-electron chi connectivity index (χ1n) is 5.98. The summed E-state index contributed by atoms with van der Waals surface area (Å²) in [5.41, 5.74) is 0.590. The summed E-state index contributed by atoms with van der Waals surface area (Å²) in [6.07, 6.45) is -0.604. The Morgan fingerprint density at radius 2 is 1.95 bits per heavy atom. The summed E-state index contributed by atoms with van der Waals surface area (Å²) in [6, 6.07) is 9.67. The van der Waals surface area contributed by atoms with E-state index in [0.717, 1.165) is 5.56 Å². The number of halogens is 2. The van der Waals surface area contributed by atoms with E-state index in [2.05, 4.69) is 31.9 Å². The third-order valence-corrected chi connectivity index (χ3v) is 4.04. The molecule has 0 fully saturated rings. The Morgan fingerprint density at radius 1 is 1.24 bits per heavy atom. The Labute approximate surface area is 138 Å². The summed E-state index contributed by atoms with van der Waals surface area (Å²) in [7, 11) is 0. The molecule has 0 amide bonds. The van der Waals surface area contributed by atoms with Crippen LogP contribution in [0.25, 0.3) is 0 Å². The zero-order valence-electron chi connectivity index (χ0n) is 10.9. The molecule has 7 heteroatoms. The number of rotatable bonds is 4. The Balaban J connectivity index is 2.41. The van der Waals surface area contributed by atoms with Gasteiger partial charge in [-0.15, -0.1) is 0 Å². The first-order valence-corrected chi connectivity index (χ1v) is 7.57. The van der Waals surface area contributed by atoms with Crippen LogP contribution in [0.1, 0.15) is 18.6 Å². The highest BCUT2D eigenvalue weighted by Gasteiger charge is 2.19. The van der Waals surface area contributed by atoms with Crippen LogP contribution >= 0.6 is 31.9 Å². The highest BCUT2D eigenvalue weighted by molar-refractivity contribution is 9.11. The van der Waals surface area contributed by atoms with Gasteiger partial charge >= 0.3 is 5.69 Å². The van der Waals surface area contributed by atoms with Crippen LogP contribution in [-0.2, 0) is 0 Å². The Bertz CT molecular complexity index is 689. The molecular formula is C14H11Br2NO4. The second kappa shape index (κ2) is 6.55. The minimum Gasteiger partial charge on any atom is -0.448 e. The molecule has 1 N–H and O–H groups in total. The van der Waals surface area contributed by atoms with Crippen molar-refractivity contribution in [2.45, 2.75) is 13.0 Å². The summed E-state index contributed by atoms with van der Waals surface area (Å²) >= 11 is 6.59. The molecule has 0 radical (unpaired) electrons. The fourth-order valence-corrected chi connectivity index (χ4v) is 2.63. The average Bonchev–Trinajstić information content (AvgIpc) is 2.42. The van der Waals surface area contributed by atoms with Crippen molar-refractivity contribution in [2.24, 2.45) is 0 Å². The number of aliphatic hydroxyl groups is 1. The van der Waals surface area contributed by atoms with Gasteiger partial charge in [-0.05, 0) is 62.5 Å². The number of aliphatic hydroxyl groups excluding tert-OH is 1. The summed E-state index contributed by atoms with van der Waals surface area (Å²) in [4.78, 5) is 10.6. The van der Waals surface area contributed by atoms with E-state index in [1.165, 1.54) is 6.07 Å². The van der Waals surface area contributed by atoms with Crippen molar-refractivity contribution < 1.29 is 14.8 Å². The van der Waals surface area contributed by atoms with Crippen LogP contribution in [0.3, 0.4) is 0 Å². The highest BCUT2D eigenvalue weighted by Crippen LogP contribution is 2.40. The maximum absolute atomic E-state index is 11.1. The van der Waals surface area contributed by atoms with Crippen LogP contribution in [-0.4, -0.2) is 10.0 Å². The van der Waals surface area contributed by atoms with Gasteiger partial charge in [0.05, 0.1) is 20.0 Å². The number of hydrogen-bond acceptors (Lipinski definition) is 4. The van der Waals surface area contributed by atoms with Gasteiger partial charge in [-0.3, -0.25) is 10.1 Å². The molecule has 5 nitrogen and oxygen atoms in total. The van der Waals surface area contributed by atoms with Crippen LogP contribution in [0.15, 0.2) is 45.3 Å².